The topological polar surface area (TPSA) is 76.1 Å². The van der Waals surface area contributed by atoms with Crippen molar-refractivity contribution in [2.24, 2.45) is 11.5 Å². The lowest BCUT2D eigenvalue weighted by atomic mass is 10.0. The van der Waals surface area contributed by atoms with Crippen molar-refractivity contribution >= 4 is 23.2 Å². The van der Waals surface area contributed by atoms with Gasteiger partial charge in [-0.1, -0.05) is 23.2 Å². The molecule has 4 nitrogen and oxygen atoms in total. The van der Waals surface area contributed by atoms with Crippen molar-refractivity contribution in [1.29, 1.82) is 0 Å². The third-order valence-corrected chi connectivity index (χ3v) is 2.81. The molecule has 0 fully saturated rings. The summed E-state index contributed by atoms with van der Waals surface area (Å²) in [4.78, 5) is 0. The molecule has 86 valence electrons. The SMILES string of the molecule is NC1=CC(N)(c2cc(Cl)c(F)c(Cl)c2)NN1. The van der Waals surface area contributed by atoms with Crippen molar-refractivity contribution in [1.82, 2.24) is 10.9 Å². The van der Waals surface area contributed by atoms with Crippen molar-refractivity contribution < 1.29 is 4.39 Å². The van der Waals surface area contributed by atoms with Gasteiger partial charge in [-0.2, -0.15) is 0 Å². The van der Waals surface area contributed by atoms with Crippen molar-refractivity contribution in [2.75, 3.05) is 0 Å². The highest BCUT2D eigenvalue weighted by Gasteiger charge is 2.30. The molecule has 0 spiro atoms. The quantitative estimate of drug-likeness (QED) is 0.573. The van der Waals surface area contributed by atoms with Crippen LogP contribution >= 0.6 is 23.2 Å². The average molecular weight is 263 g/mol. The molecule has 1 aliphatic rings. The lowest BCUT2D eigenvalue weighted by Crippen LogP contribution is -2.49. The fourth-order valence-corrected chi connectivity index (χ4v) is 1.93. The van der Waals surface area contributed by atoms with Crippen LogP contribution in [0.3, 0.4) is 0 Å². The highest BCUT2D eigenvalue weighted by atomic mass is 35.5. The summed E-state index contributed by atoms with van der Waals surface area (Å²) in [5.41, 5.74) is 16.4. The zero-order valence-electron chi connectivity index (χ0n) is 8.02. The van der Waals surface area contributed by atoms with Crippen LogP contribution in [-0.4, -0.2) is 0 Å². The van der Waals surface area contributed by atoms with Gasteiger partial charge in [-0.05, 0) is 23.8 Å². The summed E-state index contributed by atoms with van der Waals surface area (Å²) in [5.74, 6) is -0.294. The molecule has 1 aromatic carbocycles. The van der Waals surface area contributed by atoms with Gasteiger partial charge in [0, 0.05) is 0 Å². The minimum atomic E-state index is -1.05. The fraction of sp³-hybridized carbons (Fsp3) is 0.111. The summed E-state index contributed by atoms with van der Waals surface area (Å²) in [7, 11) is 0. The van der Waals surface area contributed by atoms with Crippen LogP contribution in [0.1, 0.15) is 5.56 Å². The van der Waals surface area contributed by atoms with Gasteiger partial charge in [0.15, 0.2) is 5.82 Å². The van der Waals surface area contributed by atoms with E-state index in [1.54, 1.807) is 6.08 Å². The third-order valence-electron chi connectivity index (χ3n) is 2.26. The number of nitrogens with one attached hydrogen (secondary N) is 2. The summed E-state index contributed by atoms with van der Waals surface area (Å²) in [6.45, 7) is 0. The first-order chi connectivity index (χ1) is 7.42. The van der Waals surface area contributed by atoms with E-state index in [-0.39, 0.29) is 10.0 Å². The van der Waals surface area contributed by atoms with Gasteiger partial charge in [0.1, 0.15) is 11.5 Å². The van der Waals surface area contributed by atoms with Crippen molar-refractivity contribution in [3.63, 3.8) is 0 Å². The third kappa shape index (κ3) is 1.82. The molecule has 0 aliphatic carbocycles. The number of hydrogen-bond acceptors (Lipinski definition) is 4. The molecule has 6 N–H and O–H groups in total. The molecule has 1 aliphatic heterocycles. The lowest BCUT2D eigenvalue weighted by Gasteiger charge is -2.22. The molecule has 7 heteroatoms. The van der Waals surface area contributed by atoms with Crippen LogP contribution in [0.5, 0.6) is 0 Å². The van der Waals surface area contributed by atoms with Gasteiger partial charge < -0.3 is 16.9 Å². The number of rotatable bonds is 1. The Morgan fingerprint density at radius 1 is 1.25 bits per heavy atom. The van der Waals surface area contributed by atoms with Gasteiger partial charge >= 0.3 is 0 Å². The minimum Gasteiger partial charge on any atom is -0.385 e. The largest absolute Gasteiger partial charge is 0.385 e. The number of nitrogens with two attached hydrogens (primary N) is 2. The Hall–Kier alpha value is -1.01. The highest BCUT2D eigenvalue weighted by molar-refractivity contribution is 6.35. The Morgan fingerprint density at radius 2 is 1.81 bits per heavy atom. The molecular formula is C9H9Cl2FN4. The summed E-state index contributed by atoms with van der Waals surface area (Å²) in [6, 6.07) is 2.79. The Labute approximate surface area is 101 Å². The smallest absolute Gasteiger partial charge is 0.160 e. The summed E-state index contributed by atoms with van der Waals surface area (Å²) < 4.78 is 13.2. The van der Waals surface area contributed by atoms with E-state index in [9.17, 15) is 4.39 Å². The maximum atomic E-state index is 13.2. The predicted molar refractivity (Wildman–Crippen MR) is 60.8 cm³/mol. The van der Waals surface area contributed by atoms with E-state index in [0.29, 0.717) is 11.4 Å². The highest BCUT2D eigenvalue weighted by Crippen LogP contribution is 2.30. The number of hydrazine groups is 1. The van der Waals surface area contributed by atoms with E-state index in [1.165, 1.54) is 12.1 Å². The van der Waals surface area contributed by atoms with Crippen LogP contribution in [0.15, 0.2) is 24.0 Å². The summed E-state index contributed by atoms with van der Waals surface area (Å²) in [5, 5.41) is -0.180. The fourth-order valence-electron chi connectivity index (χ4n) is 1.44. The van der Waals surface area contributed by atoms with Gasteiger partial charge in [-0.15, -0.1) is 0 Å². The predicted octanol–water partition coefficient (Wildman–Crippen LogP) is 1.15. The molecular weight excluding hydrogens is 254 g/mol. The van der Waals surface area contributed by atoms with Crippen LogP contribution < -0.4 is 22.3 Å². The van der Waals surface area contributed by atoms with Crippen LogP contribution in [-0.2, 0) is 5.66 Å². The van der Waals surface area contributed by atoms with E-state index in [2.05, 4.69) is 10.9 Å². The van der Waals surface area contributed by atoms with Crippen molar-refractivity contribution in [3.8, 4) is 0 Å². The monoisotopic (exact) mass is 262 g/mol. The second-order valence-corrected chi connectivity index (χ2v) is 4.29. The van der Waals surface area contributed by atoms with E-state index >= 15 is 0 Å². The molecule has 0 radical (unpaired) electrons. The standard InChI is InChI=1S/C9H9Cl2FN4/c10-5-1-4(2-6(11)8(5)12)9(14)3-7(13)15-16-9/h1-3,15-16H,13-14H2. The first-order valence-corrected chi connectivity index (χ1v) is 5.13. The second kappa shape index (κ2) is 3.78. The summed E-state index contributed by atoms with van der Waals surface area (Å²) >= 11 is 11.4. The normalized spacial score (nSPS) is 24.1. The van der Waals surface area contributed by atoms with E-state index in [4.69, 9.17) is 34.7 Å². The van der Waals surface area contributed by atoms with Gasteiger partial charge in [0.05, 0.1) is 10.0 Å². The molecule has 1 aromatic rings. The second-order valence-electron chi connectivity index (χ2n) is 3.47. The van der Waals surface area contributed by atoms with Crippen LogP contribution in [0.25, 0.3) is 0 Å². The molecule has 0 bridgehead atoms. The molecule has 0 amide bonds. The van der Waals surface area contributed by atoms with Crippen LogP contribution in [0.4, 0.5) is 4.39 Å². The van der Waals surface area contributed by atoms with Crippen molar-refractivity contribution in [2.45, 2.75) is 5.66 Å². The Kier molecular flexibility index (Phi) is 2.71. The number of benzene rings is 1. The maximum Gasteiger partial charge on any atom is 0.160 e. The molecule has 1 heterocycles. The molecule has 1 unspecified atom stereocenters. The van der Waals surface area contributed by atoms with Crippen LogP contribution in [0, 0.1) is 5.82 Å². The van der Waals surface area contributed by atoms with E-state index in [1.807, 2.05) is 0 Å². The molecule has 16 heavy (non-hydrogen) atoms. The van der Waals surface area contributed by atoms with Gasteiger partial charge in [-0.3, -0.25) is 0 Å². The zero-order valence-corrected chi connectivity index (χ0v) is 9.53. The maximum absolute atomic E-state index is 13.2. The first-order valence-electron chi connectivity index (χ1n) is 4.38. The summed E-state index contributed by atoms with van der Waals surface area (Å²) in [6.07, 6.45) is 1.55. The first kappa shape index (κ1) is 11.5. The molecule has 0 saturated heterocycles. The van der Waals surface area contributed by atoms with Gasteiger partial charge in [0.25, 0.3) is 0 Å². The van der Waals surface area contributed by atoms with Gasteiger partial charge in [0.2, 0.25) is 0 Å². The zero-order chi connectivity index (χ0) is 11.9. The molecule has 1 atom stereocenters. The Bertz CT molecular complexity index is 454. The Balaban J connectivity index is 2.50. The van der Waals surface area contributed by atoms with Gasteiger partial charge in [-0.25, -0.2) is 9.82 Å². The molecule has 0 aromatic heterocycles. The van der Waals surface area contributed by atoms with Crippen molar-refractivity contribution in [3.05, 3.63) is 45.5 Å². The number of hydrogen-bond donors (Lipinski definition) is 4. The number of halogens is 3. The van der Waals surface area contributed by atoms with Crippen LogP contribution in [0.2, 0.25) is 10.0 Å². The van der Waals surface area contributed by atoms with E-state index in [0.717, 1.165) is 0 Å². The molecule has 0 saturated carbocycles. The molecule has 2 rings (SSSR count). The Morgan fingerprint density at radius 3 is 2.25 bits per heavy atom. The lowest BCUT2D eigenvalue weighted by molar-refractivity contribution is 0.426. The van der Waals surface area contributed by atoms with E-state index < -0.39 is 11.5 Å². The average Bonchev–Trinajstić information content (AvgIpc) is 2.56. The minimum absolute atomic E-state index is 0.0898.